The van der Waals surface area contributed by atoms with Gasteiger partial charge >= 0.3 is 5.97 Å². The second kappa shape index (κ2) is 5.67. The van der Waals surface area contributed by atoms with Crippen molar-refractivity contribution in [2.45, 2.75) is 83.3 Å². The minimum Gasteiger partial charge on any atom is -0.481 e. The highest BCUT2D eigenvalue weighted by Gasteiger charge is 2.46. The van der Waals surface area contributed by atoms with Crippen LogP contribution < -0.4 is 0 Å². The van der Waals surface area contributed by atoms with Gasteiger partial charge in [0.25, 0.3) is 0 Å². The number of hydrogen-bond acceptors (Lipinski definition) is 2. The van der Waals surface area contributed by atoms with E-state index in [1.54, 1.807) is 0 Å². The van der Waals surface area contributed by atoms with Crippen molar-refractivity contribution in [3.63, 3.8) is 0 Å². The smallest absolute Gasteiger partial charge is 0.303 e. The third-order valence-electron chi connectivity index (χ3n) is 6.12. The molecule has 20 heavy (non-hydrogen) atoms. The van der Waals surface area contributed by atoms with Crippen LogP contribution in [0.25, 0.3) is 0 Å². The van der Waals surface area contributed by atoms with Crippen molar-refractivity contribution >= 4 is 5.97 Å². The van der Waals surface area contributed by atoms with Crippen LogP contribution in [-0.2, 0) is 4.79 Å². The third kappa shape index (κ3) is 2.74. The Labute approximate surface area is 122 Å². The van der Waals surface area contributed by atoms with E-state index in [1.807, 2.05) is 0 Å². The molecular weight excluding hydrogens is 250 g/mol. The average molecular weight is 279 g/mol. The summed E-state index contributed by atoms with van der Waals surface area (Å²) in [4.78, 5) is 13.8. The van der Waals surface area contributed by atoms with E-state index in [-0.39, 0.29) is 0 Å². The Morgan fingerprint density at radius 2 is 1.70 bits per heavy atom. The summed E-state index contributed by atoms with van der Waals surface area (Å²) in [5, 5.41) is 9.03. The summed E-state index contributed by atoms with van der Waals surface area (Å²) in [5.74, 6) is 1.53. The Hall–Kier alpha value is -0.570. The number of nitrogens with zero attached hydrogens (tertiary/aromatic N) is 1. The second-order valence-corrected chi connectivity index (χ2v) is 7.73. The summed E-state index contributed by atoms with van der Waals surface area (Å²) < 4.78 is 0. The van der Waals surface area contributed by atoms with Crippen LogP contribution in [0.4, 0.5) is 0 Å². The molecule has 2 saturated heterocycles. The molecule has 0 amide bonds. The Kier molecular flexibility index (Phi) is 4.07. The second-order valence-electron chi connectivity index (χ2n) is 7.73. The number of rotatable bonds is 3. The minimum atomic E-state index is -0.609. The molecule has 0 radical (unpaired) electrons. The minimum absolute atomic E-state index is 0.387. The summed E-state index contributed by atoms with van der Waals surface area (Å²) >= 11 is 0. The lowest BCUT2D eigenvalue weighted by atomic mass is 9.77. The standard InChI is InChI=1S/C17H29NO2/c1-11-3-6-16(12(2)7-11)18-14-4-5-15(18)9-13(8-14)10-17(19)20/h11-16H,3-10H2,1-2H3,(H,19,20). The lowest BCUT2D eigenvalue weighted by Gasteiger charge is -2.48. The van der Waals surface area contributed by atoms with Gasteiger partial charge in [-0.3, -0.25) is 9.69 Å². The van der Waals surface area contributed by atoms with Crippen LogP contribution in [0.1, 0.15) is 65.2 Å². The number of fused-ring (bicyclic) bond motifs is 2. The number of aliphatic carboxylic acids is 1. The van der Waals surface area contributed by atoms with Crippen LogP contribution in [0.5, 0.6) is 0 Å². The predicted molar refractivity (Wildman–Crippen MR) is 79.6 cm³/mol. The molecule has 1 saturated carbocycles. The molecule has 3 rings (SSSR count). The van der Waals surface area contributed by atoms with E-state index >= 15 is 0 Å². The first kappa shape index (κ1) is 14.4. The van der Waals surface area contributed by atoms with Gasteiger partial charge in [-0.05, 0) is 62.7 Å². The summed E-state index contributed by atoms with van der Waals surface area (Å²) in [6, 6.07) is 2.13. The molecule has 3 nitrogen and oxygen atoms in total. The van der Waals surface area contributed by atoms with Crippen molar-refractivity contribution < 1.29 is 9.90 Å². The molecule has 1 aliphatic carbocycles. The molecule has 2 bridgehead atoms. The first-order valence-corrected chi connectivity index (χ1v) is 8.53. The van der Waals surface area contributed by atoms with Gasteiger partial charge in [0.05, 0.1) is 0 Å². The van der Waals surface area contributed by atoms with Gasteiger partial charge in [-0.1, -0.05) is 13.8 Å². The SMILES string of the molecule is CC1CCC(N2C3CCC2CC(CC(=O)O)C3)C(C)C1. The molecule has 1 N–H and O–H groups in total. The van der Waals surface area contributed by atoms with Crippen molar-refractivity contribution in [2.75, 3.05) is 0 Å². The lowest BCUT2D eigenvalue weighted by Crippen LogP contribution is -2.52. The van der Waals surface area contributed by atoms with Gasteiger partial charge in [-0.15, -0.1) is 0 Å². The monoisotopic (exact) mass is 279 g/mol. The third-order valence-corrected chi connectivity index (χ3v) is 6.12. The van der Waals surface area contributed by atoms with Gasteiger partial charge in [0, 0.05) is 24.5 Å². The van der Waals surface area contributed by atoms with Crippen molar-refractivity contribution in [1.82, 2.24) is 4.90 Å². The zero-order chi connectivity index (χ0) is 14.3. The number of piperidine rings is 1. The molecule has 3 fully saturated rings. The zero-order valence-electron chi connectivity index (χ0n) is 12.9. The van der Waals surface area contributed by atoms with Gasteiger partial charge in [-0.25, -0.2) is 0 Å². The molecule has 5 unspecified atom stereocenters. The van der Waals surface area contributed by atoms with Crippen LogP contribution in [0.15, 0.2) is 0 Å². The lowest BCUT2D eigenvalue weighted by molar-refractivity contribution is -0.138. The van der Waals surface area contributed by atoms with Crippen molar-refractivity contribution in [2.24, 2.45) is 17.8 Å². The Morgan fingerprint density at radius 1 is 1.05 bits per heavy atom. The molecule has 0 aromatic carbocycles. The number of hydrogen-bond donors (Lipinski definition) is 1. The molecule has 3 heteroatoms. The fourth-order valence-electron chi connectivity index (χ4n) is 5.37. The fourth-order valence-corrected chi connectivity index (χ4v) is 5.37. The van der Waals surface area contributed by atoms with Gasteiger partial charge in [0.1, 0.15) is 0 Å². The van der Waals surface area contributed by atoms with E-state index in [4.69, 9.17) is 5.11 Å². The van der Waals surface area contributed by atoms with Crippen molar-refractivity contribution in [3.05, 3.63) is 0 Å². The van der Waals surface area contributed by atoms with Crippen LogP contribution >= 0.6 is 0 Å². The molecule has 2 aliphatic heterocycles. The van der Waals surface area contributed by atoms with Crippen molar-refractivity contribution in [1.29, 1.82) is 0 Å². The summed E-state index contributed by atoms with van der Waals surface area (Å²) in [7, 11) is 0. The van der Waals surface area contributed by atoms with Crippen LogP contribution in [-0.4, -0.2) is 34.1 Å². The van der Waals surface area contributed by atoms with Crippen LogP contribution in [0.2, 0.25) is 0 Å². The predicted octanol–water partition coefficient (Wildman–Crippen LogP) is 3.53. The average Bonchev–Trinajstić information content (AvgIpc) is 2.62. The van der Waals surface area contributed by atoms with Gasteiger partial charge in [-0.2, -0.15) is 0 Å². The van der Waals surface area contributed by atoms with Crippen LogP contribution in [0, 0.1) is 17.8 Å². The highest BCUT2D eigenvalue weighted by atomic mass is 16.4. The molecule has 3 aliphatic rings. The fraction of sp³-hybridized carbons (Fsp3) is 0.941. The van der Waals surface area contributed by atoms with Crippen molar-refractivity contribution in [3.8, 4) is 0 Å². The molecule has 5 atom stereocenters. The van der Waals surface area contributed by atoms with Gasteiger partial charge in [0.2, 0.25) is 0 Å². The maximum absolute atomic E-state index is 11.0. The molecule has 0 aromatic rings. The van der Waals surface area contributed by atoms with E-state index < -0.39 is 5.97 Å². The van der Waals surface area contributed by atoms with Crippen LogP contribution in [0.3, 0.4) is 0 Å². The molecule has 0 spiro atoms. The molecule has 114 valence electrons. The van der Waals surface area contributed by atoms with E-state index in [9.17, 15) is 4.79 Å². The first-order chi connectivity index (χ1) is 9.54. The Bertz CT molecular complexity index is 356. The highest BCUT2D eigenvalue weighted by Crippen LogP contribution is 2.45. The quantitative estimate of drug-likeness (QED) is 0.859. The normalized spacial score (nSPS) is 45.5. The zero-order valence-corrected chi connectivity index (χ0v) is 12.9. The summed E-state index contributed by atoms with van der Waals surface area (Å²) in [6.45, 7) is 4.82. The van der Waals surface area contributed by atoms with E-state index in [2.05, 4.69) is 18.7 Å². The topological polar surface area (TPSA) is 40.5 Å². The number of carboxylic acid groups (broad SMARTS) is 1. The Morgan fingerprint density at radius 3 is 2.25 bits per heavy atom. The van der Waals surface area contributed by atoms with E-state index in [0.29, 0.717) is 24.4 Å². The highest BCUT2D eigenvalue weighted by molar-refractivity contribution is 5.67. The summed E-state index contributed by atoms with van der Waals surface area (Å²) in [6.07, 6.45) is 9.36. The molecule has 2 heterocycles. The van der Waals surface area contributed by atoms with Gasteiger partial charge in [0.15, 0.2) is 0 Å². The van der Waals surface area contributed by atoms with Gasteiger partial charge < -0.3 is 5.11 Å². The largest absolute Gasteiger partial charge is 0.481 e. The number of carboxylic acids is 1. The van der Waals surface area contributed by atoms with E-state index in [0.717, 1.165) is 30.7 Å². The number of carbonyl (C=O) groups is 1. The van der Waals surface area contributed by atoms with E-state index in [1.165, 1.54) is 32.1 Å². The maximum atomic E-state index is 11.0. The molecule has 0 aromatic heterocycles. The maximum Gasteiger partial charge on any atom is 0.303 e. The Balaban J connectivity index is 1.66. The summed E-state index contributed by atoms with van der Waals surface area (Å²) in [5.41, 5.74) is 0. The molecular formula is C17H29NO2. The first-order valence-electron chi connectivity index (χ1n) is 8.53.